The number of hydrogen-bond acceptors (Lipinski definition) is 5. The molecule has 0 spiro atoms. The number of esters is 1. The predicted molar refractivity (Wildman–Crippen MR) is 178 cm³/mol. The maximum atomic E-state index is 14.8. The fourth-order valence-corrected chi connectivity index (χ4v) is 5.84. The zero-order chi connectivity index (χ0) is 35.1. The van der Waals surface area contributed by atoms with Crippen LogP contribution in [-0.4, -0.2) is 22.7 Å². The van der Waals surface area contributed by atoms with Crippen LogP contribution in [0.15, 0.2) is 108 Å². The van der Waals surface area contributed by atoms with Gasteiger partial charge in [-0.15, -0.1) is 0 Å². The molecule has 0 saturated heterocycles. The maximum absolute atomic E-state index is 14.8. The summed E-state index contributed by atoms with van der Waals surface area (Å²) in [5.74, 6) is -11.6. The van der Waals surface area contributed by atoms with Crippen molar-refractivity contribution >= 4 is 41.1 Å². The summed E-state index contributed by atoms with van der Waals surface area (Å²) in [6.45, 7) is 1.41. The molecule has 0 fully saturated rings. The fraction of sp³-hybridized carbons (Fsp3) is 0.135. The highest BCUT2D eigenvalue weighted by atomic mass is 35.5. The molecular formula is C37H28ClF5N2O3S. The predicted octanol–water partition coefficient (Wildman–Crippen LogP) is 9.44. The maximum Gasteiger partial charge on any atom is 0.338 e. The van der Waals surface area contributed by atoms with E-state index in [1.807, 2.05) is 61.5 Å². The molecule has 0 aliphatic heterocycles. The van der Waals surface area contributed by atoms with Gasteiger partial charge in [0, 0.05) is 17.3 Å². The van der Waals surface area contributed by atoms with Crippen molar-refractivity contribution in [1.29, 1.82) is 0 Å². The zero-order valence-electron chi connectivity index (χ0n) is 25.9. The fourth-order valence-electron chi connectivity index (χ4n) is 4.73. The Morgan fingerprint density at radius 2 is 1.22 bits per heavy atom. The molecule has 1 amide bonds. The molecule has 0 heterocycles. The number of amides is 1. The Kier molecular flexibility index (Phi) is 11.7. The number of anilines is 1. The standard InChI is InChI=1S/C37H28ClF5N2O3S/c1-23-7-9-25(10-8-23)20-45(29-17-13-27(14-18-29)37(47)48-22-26-5-3-2-4-6-26)30(46)21-44(19-24-11-15-28(38)16-12-24)49-36-34(42)32(40)31(39)33(41)35(36)43/h2-18H,19-22H2,1H3. The van der Waals surface area contributed by atoms with E-state index in [4.69, 9.17) is 16.3 Å². The van der Waals surface area contributed by atoms with Gasteiger partial charge < -0.3 is 9.64 Å². The Balaban J connectivity index is 1.43. The summed E-state index contributed by atoms with van der Waals surface area (Å²) in [5.41, 5.74) is 3.74. The first-order valence-corrected chi connectivity index (χ1v) is 16.0. The molecule has 0 aliphatic carbocycles. The summed E-state index contributed by atoms with van der Waals surface area (Å²) >= 11 is 6.23. The molecule has 0 radical (unpaired) electrons. The van der Waals surface area contributed by atoms with Crippen molar-refractivity contribution in [2.24, 2.45) is 0 Å². The Morgan fingerprint density at radius 3 is 1.84 bits per heavy atom. The van der Waals surface area contributed by atoms with Gasteiger partial charge in [-0.1, -0.05) is 83.9 Å². The van der Waals surface area contributed by atoms with Crippen molar-refractivity contribution in [3.05, 3.63) is 165 Å². The van der Waals surface area contributed by atoms with Gasteiger partial charge in [-0.05, 0) is 72.0 Å². The van der Waals surface area contributed by atoms with Gasteiger partial charge in [-0.2, -0.15) is 0 Å². The normalized spacial score (nSPS) is 11.1. The largest absolute Gasteiger partial charge is 0.457 e. The van der Waals surface area contributed by atoms with E-state index in [9.17, 15) is 31.5 Å². The third kappa shape index (κ3) is 9.05. The summed E-state index contributed by atoms with van der Waals surface area (Å²) in [6.07, 6.45) is 0. The van der Waals surface area contributed by atoms with Crippen LogP contribution in [0.2, 0.25) is 5.02 Å². The van der Waals surface area contributed by atoms with Gasteiger partial charge in [-0.25, -0.2) is 31.1 Å². The molecular weight excluding hydrogens is 683 g/mol. The molecule has 12 heteroatoms. The van der Waals surface area contributed by atoms with Gasteiger partial charge in [0.05, 0.1) is 18.7 Å². The summed E-state index contributed by atoms with van der Waals surface area (Å²) in [4.78, 5) is 27.0. The van der Waals surface area contributed by atoms with Gasteiger partial charge in [0.25, 0.3) is 0 Å². The van der Waals surface area contributed by atoms with E-state index < -0.39 is 52.4 Å². The van der Waals surface area contributed by atoms with Gasteiger partial charge >= 0.3 is 5.97 Å². The number of carbonyl (C=O) groups is 2. The van der Waals surface area contributed by atoms with Crippen LogP contribution >= 0.6 is 23.5 Å². The minimum atomic E-state index is -2.28. The van der Waals surface area contributed by atoms with Crippen LogP contribution in [-0.2, 0) is 29.2 Å². The molecule has 5 nitrogen and oxygen atoms in total. The number of carbonyl (C=O) groups excluding carboxylic acids is 2. The van der Waals surface area contributed by atoms with Crippen LogP contribution in [0.1, 0.15) is 32.6 Å². The lowest BCUT2D eigenvalue weighted by atomic mass is 10.1. The van der Waals surface area contributed by atoms with Crippen LogP contribution < -0.4 is 4.90 Å². The van der Waals surface area contributed by atoms with Crippen LogP contribution in [0.5, 0.6) is 0 Å². The van der Waals surface area contributed by atoms with Gasteiger partial charge in [-0.3, -0.25) is 4.79 Å². The van der Waals surface area contributed by atoms with Crippen LogP contribution in [0, 0.1) is 36.0 Å². The van der Waals surface area contributed by atoms with Crippen molar-refractivity contribution in [3.8, 4) is 0 Å². The lowest BCUT2D eigenvalue weighted by Gasteiger charge is -2.28. The van der Waals surface area contributed by atoms with Gasteiger partial charge in [0.2, 0.25) is 11.7 Å². The van der Waals surface area contributed by atoms with Gasteiger partial charge in [0.15, 0.2) is 23.3 Å². The highest BCUT2D eigenvalue weighted by Gasteiger charge is 2.29. The highest BCUT2D eigenvalue weighted by molar-refractivity contribution is 7.97. The number of benzene rings is 5. The van der Waals surface area contributed by atoms with Crippen molar-refractivity contribution in [1.82, 2.24) is 4.31 Å². The highest BCUT2D eigenvalue weighted by Crippen LogP contribution is 2.34. The van der Waals surface area contributed by atoms with E-state index >= 15 is 0 Å². The van der Waals surface area contributed by atoms with Crippen molar-refractivity contribution < 1.29 is 36.3 Å². The van der Waals surface area contributed by atoms with E-state index in [1.165, 1.54) is 21.3 Å². The molecule has 0 saturated carbocycles. The smallest absolute Gasteiger partial charge is 0.338 e. The van der Waals surface area contributed by atoms with E-state index in [2.05, 4.69) is 0 Å². The monoisotopic (exact) mass is 710 g/mol. The topological polar surface area (TPSA) is 49.9 Å². The summed E-state index contributed by atoms with van der Waals surface area (Å²) < 4.78 is 78.2. The number of rotatable bonds is 12. The Labute approximate surface area is 289 Å². The second kappa shape index (κ2) is 16.1. The molecule has 252 valence electrons. The molecule has 0 atom stereocenters. The van der Waals surface area contributed by atoms with E-state index in [1.54, 1.807) is 36.4 Å². The van der Waals surface area contributed by atoms with Gasteiger partial charge in [0.1, 0.15) is 11.5 Å². The Bertz CT molecular complexity index is 1900. The SMILES string of the molecule is Cc1ccc(CN(C(=O)CN(Cc2ccc(Cl)cc2)Sc2c(F)c(F)c(F)c(F)c2F)c2ccc(C(=O)OCc3ccccc3)cc2)cc1. The molecule has 0 bridgehead atoms. The first-order valence-electron chi connectivity index (χ1n) is 14.9. The Morgan fingerprint density at radius 1 is 0.673 bits per heavy atom. The third-order valence-electron chi connectivity index (χ3n) is 7.36. The van der Waals surface area contributed by atoms with Crippen LogP contribution in [0.3, 0.4) is 0 Å². The van der Waals surface area contributed by atoms with E-state index in [-0.39, 0.29) is 37.2 Å². The average Bonchev–Trinajstić information content (AvgIpc) is 3.11. The lowest BCUT2D eigenvalue weighted by Crippen LogP contribution is -2.38. The van der Waals surface area contributed by atoms with E-state index in [0.29, 0.717) is 16.3 Å². The second-order valence-electron chi connectivity index (χ2n) is 11.0. The first-order chi connectivity index (χ1) is 23.5. The quantitative estimate of drug-likeness (QED) is 0.0425. The van der Waals surface area contributed by atoms with Crippen LogP contribution in [0.25, 0.3) is 0 Å². The minimum absolute atomic E-state index is 0.0683. The number of hydrogen-bond donors (Lipinski definition) is 0. The Hall–Kier alpha value is -4.71. The molecule has 0 aliphatic rings. The number of nitrogens with zero attached hydrogens (tertiary/aromatic N) is 2. The molecule has 49 heavy (non-hydrogen) atoms. The molecule has 0 unspecified atom stereocenters. The van der Waals surface area contributed by atoms with Crippen molar-refractivity contribution in [2.75, 3.05) is 11.4 Å². The molecule has 5 aromatic rings. The number of halogens is 6. The minimum Gasteiger partial charge on any atom is -0.457 e. The van der Waals surface area contributed by atoms with Crippen LogP contribution in [0.4, 0.5) is 27.6 Å². The third-order valence-corrected chi connectivity index (χ3v) is 8.67. The molecule has 5 rings (SSSR count). The zero-order valence-corrected chi connectivity index (χ0v) is 27.5. The molecule has 0 N–H and O–H groups in total. The molecule has 5 aromatic carbocycles. The lowest BCUT2D eigenvalue weighted by molar-refractivity contribution is -0.118. The summed E-state index contributed by atoms with van der Waals surface area (Å²) in [6, 6.07) is 29.1. The molecule has 0 aromatic heterocycles. The van der Waals surface area contributed by atoms with Crippen molar-refractivity contribution in [3.63, 3.8) is 0 Å². The average molecular weight is 711 g/mol. The number of aryl methyl sites for hydroxylation is 1. The summed E-state index contributed by atoms with van der Waals surface area (Å²) in [5, 5.41) is 0.412. The first kappa shape index (κ1) is 35.6. The summed E-state index contributed by atoms with van der Waals surface area (Å²) in [7, 11) is 0. The number of ether oxygens (including phenoxy) is 1. The van der Waals surface area contributed by atoms with Crippen molar-refractivity contribution in [2.45, 2.75) is 31.5 Å². The second-order valence-corrected chi connectivity index (χ2v) is 12.5. The van der Waals surface area contributed by atoms with E-state index in [0.717, 1.165) is 16.7 Å².